The van der Waals surface area contributed by atoms with Gasteiger partial charge in [0.05, 0.1) is 6.54 Å². The first kappa shape index (κ1) is 15.2. The third-order valence-electron chi connectivity index (χ3n) is 2.75. The number of nitrogens with two attached hydrogens (primary N) is 1. The van der Waals surface area contributed by atoms with Crippen molar-refractivity contribution in [3.8, 4) is 0 Å². The Morgan fingerprint density at radius 1 is 1.16 bits per heavy atom. The first-order chi connectivity index (χ1) is 9.11. The molecule has 1 aromatic carbocycles. The largest absolute Gasteiger partial charge is 0.350 e. The molecule has 0 saturated heterocycles. The lowest BCUT2D eigenvalue weighted by Gasteiger charge is -2.09. The maximum Gasteiger partial charge on any atom is 0.239 e. The lowest BCUT2D eigenvalue weighted by molar-refractivity contribution is -0.126. The molecule has 2 amide bonds. The molecule has 5 nitrogen and oxygen atoms in total. The van der Waals surface area contributed by atoms with E-state index in [1.165, 1.54) is 0 Å². The topological polar surface area (TPSA) is 84.2 Å². The van der Waals surface area contributed by atoms with E-state index in [4.69, 9.17) is 5.73 Å². The van der Waals surface area contributed by atoms with Crippen LogP contribution in [0.3, 0.4) is 0 Å². The summed E-state index contributed by atoms with van der Waals surface area (Å²) in [5.74, 6) is -0.397. The average Bonchev–Trinajstić information content (AvgIpc) is 2.43. The number of rotatable bonds is 7. The summed E-state index contributed by atoms with van der Waals surface area (Å²) in [4.78, 5) is 22.9. The van der Waals surface area contributed by atoms with Gasteiger partial charge in [0, 0.05) is 19.0 Å². The molecule has 1 atom stereocenters. The van der Waals surface area contributed by atoms with Gasteiger partial charge in [-0.3, -0.25) is 9.59 Å². The lowest BCUT2D eigenvalue weighted by atomic mass is 10.1. The molecule has 1 aromatic rings. The highest BCUT2D eigenvalue weighted by atomic mass is 16.2. The Hall–Kier alpha value is -1.88. The predicted molar refractivity (Wildman–Crippen MR) is 74.2 cm³/mol. The summed E-state index contributed by atoms with van der Waals surface area (Å²) in [6.07, 6.45) is 0.996. The third kappa shape index (κ3) is 6.57. The third-order valence-corrected chi connectivity index (χ3v) is 2.75. The maximum atomic E-state index is 11.5. The Bertz CT molecular complexity index is 406. The summed E-state index contributed by atoms with van der Waals surface area (Å²) in [6.45, 7) is 2.37. The van der Waals surface area contributed by atoms with E-state index in [0.717, 1.165) is 12.0 Å². The Morgan fingerprint density at radius 3 is 2.47 bits per heavy atom. The van der Waals surface area contributed by atoms with Crippen LogP contribution in [0.15, 0.2) is 30.3 Å². The van der Waals surface area contributed by atoms with Crippen LogP contribution >= 0.6 is 0 Å². The van der Waals surface area contributed by atoms with E-state index >= 15 is 0 Å². The number of carbonyl (C=O) groups is 2. The number of hydrogen-bond acceptors (Lipinski definition) is 3. The van der Waals surface area contributed by atoms with Gasteiger partial charge in [-0.25, -0.2) is 0 Å². The van der Waals surface area contributed by atoms with Gasteiger partial charge in [0.2, 0.25) is 11.8 Å². The summed E-state index contributed by atoms with van der Waals surface area (Å²) in [7, 11) is 0. The molecule has 0 aliphatic heterocycles. The Kier molecular flexibility index (Phi) is 6.60. The second kappa shape index (κ2) is 8.26. The van der Waals surface area contributed by atoms with Crippen molar-refractivity contribution >= 4 is 11.8 Å². The molecule has 0 heterocycles. The van der Waals surface area contributed by atoms with Gasteiger partial charge < -0.3 is 16.4 Å². The molecule has 19 heavy (non-hydrogen) atoms. The molecule has 0 spiro atoms. The van der Waals surface area contributed by atoms with E-state index in [1.807, 2.05) is 37.3 Å². The standard InChI is InChI=1S/C14H21N3O2/c1-2-12(15)8-13(18)17-10-14(19)16-9-11-6-4-3-5-7-11/h3-7,12H,2,8-10,15H2,1H3,(H,16,19)(H,17,18). The zero-order valence-electron chi connectivity index (χ0n) is 11.2. The molecule has 4 N–H and O–H groups in total. The number of amides is 2. The van der Waals surface area contributed by atoms with Crippen molar-refractivity contribution in [2.24, 2.45) is 5.73 Å². The first-order valence-electron chi connectivity index (χ1n) is 6.44. The van der Waals surface area contributed by atoms with Crippen molar-refractivity contribution in [1.82, 2.24) is 10.6 Å². The number of nitrogens with one attached hydrogen (secondary N) is 2. The average molecular weight is 263 g/mol. The SMILES string of the molecule is CCC(N)CC(=O)NCC(=O)NCc1ccccc1. The minimum Gasteiger partial charge on any atom is -0.350 e. The van der Waals surface area contributed by atoms with E-state index in [9.17, 15) is 9.59 Å². The fourth-order valence-electron chi connectivity index (χ4n) is 1.49. The molecular weight excluding hydrogens is 242 g/mol. The highest BCUT2D eigenvalue weighted by Gasteiger charge is 2.08. The van der Waals surface area contributed by atoms with E-state index < -0.39 is 0 Å². The smallest absolute Gasteiger partial charge is 0.239 e. The molecule has 0 saturated carbocycles. The summed E-state index contributed by atoms with van der Waals surface area (Å²) in [6, 6.07) is 9.46. The maximum absolute atomic E-state index is 11.5. The molecular formula is C14H21N3O2. The van der Waals surface area contributed by atoms with Crippen LogP contribution in [-0.4, -0.2) is 24.4 Å². The van der Waals surface area contributed by atoms with Crippen LogP contribution in [-0.2, 0) is 16.1 Å². The van der Waals surface area contributed by atoms with Crippen molar-refractivity contribution in [3.63, 3.8) is 0 Å². The van der Waals surface area contributed by atoms with Crippen molar-refractivity contribution in [2.75, 3.05) is 6.54 Å². The van der Waals surface area contributed by atoms with E-state index in [2.05, 4.69) is 10.6 Å². The normalized spacial score (nSPS) is 11.7. The minimum absolute atomic E-state index is 0.0118. The fraction of sp³-hybridized carbons (Fsp3) is 0.429. The van der Waals surface area contributed by atoms with Gasteiger partial charge in [-0.15, -0.1) is 0 Å². The monoisotopic (exact) mass is 263 g/mol. The second-order valence-electron chi connectivity index (χ2n) is 4.41. The van der Waals surface area contributed by atoms with Crippen molar-refractivity contribution in [3.05, 3.63) is 35.9 Å². The van der Waals surface area contributed by atoms with Crippen LogP contribution in [0.25, 0.3) is 0 Å². The highest BCUT2D eigenvalue weighted by molar-refractivity contribution is 5.84. The summed E-state index contributed by atoms with van der Waals surface area (Å²) in [5.41, 5.74) is 6.68. The van der Waals surface area contributed by atoms with Gasteiger partial charge in [0.15, 0.2) is 0 Å². The molecule has 0 aromatic heterocycles. The summed E-state index contributed by atoms with van der Waals surface area (Å²) < 4.78 is 0. The predicted octanol–water partition coefficient (Wildman–Crippen LogP) is 0.546. The van der Waals surface area contributed by atoms with Crippen LogP contribution in [0.4, 0.5) is 0 Å². The highest BCUT2D eigenvalue weighted by Crippen LogP contribution is 1.96. The van der Waals surface area contributed by atoms with Crippen molar-refractivity contribution in [2.45, 2.75) is 32.4 Å². The summed E-state index contributed by atoms with van der Waals surface area (Å²) in [5, 5.41) is 5.29. The van der Waals surface area contributed by atoms with Crippen LogP contribution in [0.5, 0.6) is 0 Å². The zero-order valence-corrected chi connectivity index (χ0v) is 11.2. The van der Waals surface area contributed by atoms with Crippen LogP contribution in [0, 0.1) is 0 Å². The van der Waals surface area contributed by atoms with E-state index in [0.29, 0.717) is 6.54 Å². The molecule has 1 unspecified atom stereocenters. The minimum atomic E-state index is -0.206. The van der Waals surface area contributed by atoms with Gasteiger partial charge in [-0.2, -0.15) is 0 Å². The van der Waals surface area contributed by atoms with Gasteiger partial charge >= 0.3 is 0 Å². The van der Waals surface area contributed by atoms with Crippen LogP contribution < -0.4 is 16.4 Å². The Balaban J connectivity index is 2.19. The molecule has 104 valence electrons. The van der Waals surface area contributed by atoms with Crippen LogP contribution in [0.2, 0.25) is 0 Å². The zero-order chi connectivity index (χ0) is 14.1. The fourth-order valence-corrected chi connectivity index (χ4v) is 1.49. The quantitative estimate of drug-likeness (QED) is 0.671. The molecule has 1 rings (SSSR count). The number of hydrogen-bond donors (Lipinski definition) is 3. The molecule has 5 heteroatoms. The van der Waals surface area contributed by atoms with Crippen molar-refractivity contribution in [1.29, 1.82) is 0 Å². The van der Waals surface area contributed by atoms with E-state index in [1.54, 1.807) is 0 Å². The second-order valence-corrected chi connectivity index (χ2v) is 4.41. The van der Waals surface area contributed by atoms with Gasteiger partial charge in [-0.1, -0.05) is 37.3 Å². The first-order valence-corrected chi connectivity index (χ1v) is 6.44. The van der Waals surface area contributed by atoms with Crippen molar-refractivity contribution < 1.29 is 9.59 Å². The van der Waals surface area contributed by atoms with E-state index in [-0.39, 0.29) is 30.8 Å². The molecule has 0 aliphatic rings. The molecule has 0 fully saturated rings. The van der Waals surface area contributed by atoms with Crippen LogP contribution in [0.1, 0.15) is 25.3 Å². The molecule has 0 bridgehead atoms. The Morgan fingerprint density at radius 2 is 1.84 bits per heavy atom. The van der Waals surface area contributed by atoms with Gasteiger partial charge in [0.25, 0.3) is 0 Å². The lowest BCUT2D eigenvalue weighted by Crippen LogP contribution is -2.38. The van der Waals surface area contributed by atoms with Gasteiger partial charge in [-0.05, 0) is 12.0 Å². The molecule has 0 aliphatic carbocycles. The summed E-state index contributed by atoms with van der Waals surface area (Å²) >= 11 is 0. The Labute approximate surface area is 113 Å². The number of carbonyl (C=O) groups excluding carboxylic acids is 2. The number of benzene rings is 1. The van der Waals surface area contributed by atoms with Gasteiger partial charge in [0.1, 0.15) is 0 Å². The molecule has 0 radical (unpaired) electrons.